The Morgan fingerprint density at radius 1 is 1.05 bits per heavy atom. The molecule has 2 aromatic carbocycles. The highest BCUT2D eigenvalue weighted by molar-refractivity contribution is 7.95. The van der Waals surface area contributed by atoms with Gasteiger partial charge in [-0.15, -0.1) is 0 Å². The molecule has 0 atom stereocenters. The molecular formula is C15H10ClNO2S. The van der Waals surface area contributed by atoms with E-state index in [4.69, 9.17) is 16.9 Å². The Kier molecular flexibility index (Phi) is 4.23. The number of benzene rings is 2. The number of nitriles is 1. The summed E-state index contributed by atoms with van der Waals surface area (Å²) in [7, 11) is -3.82. The van der Waals surface area contributed by atoms with Crippen LogP contribution in [-0.4, -0.2) is 8.42 Å². The van der Waals surface area contributed by atoms with Gasteiger partial charge in [0.2, 0.25) is 9.84 Å². The van der Waals surface area contributed by atoms with E-state index in [1.54, 1.807) is 30.3 Å². The fourth-order valence-corrected chi connectivity index (χ4v) is 2.90. The van der Waals surface area contributed by atoms with Crippen LogP contribution in [0.4, 0.5) is 0 Å². The lowest BCUT2D eigenvalue weighted by atomic mass is 10.2. The summed E-state index contributed by atoms with van der Waals surface area (Å²) >= 11 is 5.73. The summed E-state index contributed by atoms with van der Waals surface area (Å²) in [5, 5.41) is 9.55. The third-order valence-corrected chi connectivity index (χ3v) is 4.55. The maximum Gasteiger partial charge on any atom is 0.216 e. The molecule has 0 amide bonds. The SMILES string of the molecule is N#C/C(=C\c1ccccc1)S(=O)(=O)c1ccc(Cl)cc1. The highest BCUT2D eigenvalue weighted by Gasteiger charge is 2.20. The second-order valence-electron chi connectivity index (χ2n) is 3.99. The molecule has 2 rings (SSSR count). The first kappa shape index (κ1) is 14.3. The Hall–Kier alpha value is -2.09. The molecule has 0 aliphatic heterocycles. The first-order valence-corrected chi connectivity index (χ1v) is 7.57. The third-order valence-electron chi connectivity index (χ3n) is 2.62. The van der Waals surface area contributed by atoms with Gasteiger partial charge >= 0.3 is 0 Å². The Morgan fingerprint density at radius 2 is 1.65 bits per heavy atom. The Labute approximate surface area is 122 Å². The molecule has 0 aliphatic carbocycles. The number of nitrogens with zero attached hydrogens (tertiary/aromatic N) is 1. The molecule has 2 aromatic rings. The molecule has 0 aromatic heterocycles. The van der Waals surface area contributed by atoms with Crippen LogP contribution in [0.15, 0.2) is 64.4 Å². The van der Waals surface area contributed by atoms with Crippen molar-refractivity contribution >= 4 is 27.5 Å². The maximum absolute atomic E-state index is 12.3. The molecule has 5 heteroatoms. The molecule has 0 saturated heterocycles. The minimum Gasteiger partial charge on any atom is -0.218 e. The van der Waals surface area contributed by atoms with E-state index in [0.717, 1.165) is 0 Å². The van der Waals surface area contributed by atoms with Gasteiger partial charge < -0.3 is 0 Å². The van der Waals surface area contributed by atoms with E-state index in [-0.39, 0.29) is 9.80 Å². The lowest BCUT2D eigenvalue weighted by molar-refractivity contribution is 0.603. The summed E-state index contributed by atoms with van der Waals surface area (Å²) in [4.78, 5) is -0.253. The minimum atomic E-state index is -3.82. The first-order valence-electron chi connectivity index (χ1n) is 5.71. The summed E-state index contributed by atoms with van der Waals surface area (Å²) in [5.74, 6) is 0. The monoisotopic (exact) mass is 303 g/mol. The second-order valence-corrected chi connectivity index (χ2v) is 6.34. The minimum absolute atomic E-state index is 0.0469. The molecule has 0 saturated carbocycles. The molecule has 0 spiro atoms. The van der Waals surface area contributed by atoms with Crippen molar-refractivity contribution in [2.45, 2.75) is 4.90 Å². The quantitative estimate of drug-likeness (QED) is 0.813. The van der Waals surface area contributed by atoms with E-state index < -0.39 is 9.84 Å². The van der Waals surface area contributed by atoms with Crippen LogP contribution < -0.4 is 0 Å². The van der Waals surface area contributed by atoms with Crippen LogP contribution in [0.25, 0.3) is 6.08 Å². The van der Waals surface area contributed by atoms with Crippen molar-refractivity contribution in [1.29, 1.82) is 5.26 Å². The van der Waals surface area contributed by atoms with Gasteiger partial charge in [0.25, 0.3) is 0 Å². The maximum atomic E-state index is 12.3. The molecule has 3 nitrogen and oxygen atoms in total. The second kappa shape index (κ2) is 5.91. The predicted octanol–water partition coefficient (Wildman–Crippen LogP) is 3.68. The molecular weight excluding hydrogens is 294 g/mol. The highest BCUT2D eigenvalue weighted by Crippen LogP contribution is 2.22. The van der Waals surface area contributed by atoms with E-state index in [9.17, 15) is 8.42 Å². The van der Waals surface area contributed by atoms with Crippen molar-refractivity contribution in [3.63, 3.8) is 0 Å². The van der Waals surface area contributed by atoms with Gasteiger partial charge in [0, 0.05) is 5.02 Å². The van der Waals surface area contributed by atoms with Crippen LogP contribution in [0, 0.1) is 11.3 Å². The van der Waals surface area contributed by atoms with Gasteiger partial charge in [0.1, 0.15) is 11.0 Å². The van der Waals surface area contributed by atoms with Crippen LogP contribution in [0.2, 0.25) is 5.02 Å². The van der Waals surface area contributed by atoms with Crippen LogP contribution in [0.1, 0.15) is 5.56 Å². The molecule has 0 radical (unpaired) electrons. The summed E-state index contributed by atoms with van der Waals surface area (Å²) in [6.07, 6.45) is 1.35. The largest absolute Gasteiger partial charge is 0.218 e. The van der Waals surface area contributed by atoms with Gasteiger partial charge in [0.15, 0.2) is 0 Å². The number of allylic oxidation sites excluding steroid dienone is 1. The third kappa shape index (κ3) is 3.08. The van der Waals surface area contributed by atoms with E-state index in [1.807, 2.05) is 6.07 Å². The van der Waals surface area contributed by atoms with Crippen molar-refractivity contribution in [1.82, 2.24) is 0 Å². The summed E-state index contributed by atoms with van der Waals surface area (Å²) in [5.41, 5.74) is 0.654. The summed E-state index contributed by atoms with van der Waals surface area (Å²) in [6, 6.07) is 16.3. The van der Waals surface area contributed by atoms with Crippen molar-refractivity contribution in [2.75, 3.05) is 0 Å². The molecule has 0 fully saturated rings. The standard InChI is InChI=1S/C15H10ClNO2S/c16-13-6-8-14(9-7-13)20(18,19)15(11-17)10-12-4-2-1-3-5-12/h1-10H/b15-10+. The summed E-state index contributed by atoms with van der Waals surface area (Å²) in [6.45, 7) is 0. The smallest absolute Gasteiger partial charge is 0.216 e. The Bertz CT molecular complexity index is 773. The van der Waals surface area contributed by atoms with Crippen molar-refractivity contribution < 1.29 is 8.42 Å². The van der Waals surface area contributed by atoms with Crippen molar-refractivity contribution in [3.8, 4) is 6.07 Å². The molecule has 0 aliphatic rings. The zero-order chi connectivity index (χ0) is 14.6. The normalized spacial score (nSPS) is 11.9. The van der Waals surface area contributed by atoms with Crippen LogP contribution in [0.5, 0.6) is 0 Å². The number of rotatable bonds is 3. The highest BCUT2D eigenvalue weighted by atomic mass is 35.5. The molecule has 20 heavy (non-hydrogen) atoms. The predicted molar refractivity (Wildman–Crippen MR) is 78.7 cm³/mol. The van der Waals surface area contributed by atoms with Gasteiger partial charge in [-0.2, -0.15) is 5.26 Å². The van der Waals surface area contributed by atoms with Gasteiger partial charge in [-0.3, -0.25) is 0 Å². The summed E-state index contributed by atoms with van der Waals surface area (Å²) < 4.78 is 24.7. The lowest BCUT2D eigenvalue weighted by Crippen LogP contribution is -2.03. The molecule has 100 valence electrons. The van der Waals surface area contributed by atoms with Crippen molar-refractivity contribution in [2.24, 2.45) is 0 Å². The molecule has 0 unspecified atom stereocenters. The van der Waals surface area contributed by atoms with Crippen LogP contribution in [0.3, 0.4) is 0 Å². The van der Waals surface area contributed by atoms with Gasteiger partial charge in [-0.25, -0.2) is 8.42 Å². The van der Waals surface area contributed by atoms with E-state index in [1.165, 1.54) is 30.3 Å². The van der Waals surface area contributed by atoms with Gasteiger partial charge in [0.05, 0.1) is 4.90 Å². The fourth-order valence-electron chi connectivity index (χ4n) is 1.61. The zero-order valence-electron chi connectivity index (χ0n) is 10.3. The lowest BCUT2D eigenvalue weighted by Gasteiger charge is -2.03. The Balaban J connectivity index is 2.49. The fraction of sp³-hybridized carbons (Fsp3) is 0. The number of hydrogen-bond donors (Lipinski definition) is 0. The van der Waals surface area contributed by atoms with Gasteiger partial charge in [-0.1, -0.05) is 41.9 Å². The first-order chi connectivity index (χ1) is 9.54. The average Bonchev–Trinajstić information content (AvgIpc) is 2.46. The number of sulfone groups is 1. The van der Waals surface area contributed by atoms with Gasteiger partial charge in [-0.05, 0) is 35.9 Å². The van der Waals surface area contributed by atoms with Crippen LogP contribution >= 0.6 is 11.6 Å². The molecule has 0 bridgehead atoms. The number of hydrogen-bond acceptors (Lipinski definition) is 3. The zero-order valence-corrected chi connectivity index (χ0v) is 11.9. The van der Waals surface area contributed by atoms with E-state index in [0.29, 0.717) is 10.6 Å². The Morgan fingerprint density at radius 3 is 2.20 bits per heavy atom. The molecule has 0 N–H and O–H groups in total. The molecule has 0 heterocycles. The van der Waals surface area contributed by atoms with Crippen molar-refractivity contribution in [3.05, 3.63) is 70.1 Å². The number of halogens is 1. The van der Waals surface area contributed by atoms with E-state index >= 15 is 0 Å². The van der Waals surface area contributed by atoms with Crippen LogP contribution in [-0.2, 0) is 9.84 Å². The topological polar surface area (TPSA) is 57.9 Å². The van der Waals surface area contributed by atoms with E-state index in [2.05, 4.69) is 0 Å². The average molecular weight is 304 g/mol.